The Bertz CT molecular complexity index is 127. The molecule has 0 atom stereocenters. The molecular weight excluding hydrogens is 146 g/mol. The molecule has 0 aromatic rings. The van der Waals surface area contributed by atoms with Crippen molar-refractivity contribution >= 4 is 0 Å². The molecular formula is C8H16ClN. The van der Waals surface area contributed by atoms with E-state index in [4.69, 9.17) is 0 Å². The molecule has 0 aliphatic heterocycles. The van der Waals surface area contributed by atoms with Gasteiger partial charge in [0.15, 0.2) is 0 Å². The molecule has 0 spiro atoms. The SMILES string of the molecule is C=CC[N+](C)(C)C(=C)C.[Cl-]. The summed E-state index contributed by atoms with van der Waals surface area (Å²) >= 11 is 0. The largest absolute Gasteiger partial charge is 1.00 e. The first-order chi connectivity index (χ1) is 4.00. The first-order valence-corrected chi connectivity index (χ1v) is 3.10. The normalized spacial score (nSPS) is 9.90. The predicted molar refractivity (Wildman–Crippen MR) is 42.0 cm³/mol. The highest BCUT2D eigenvalue weighted by Crippen LogP contribution is 2.06. The van der Waals surface area contributed by atoms with Crippen LogP contribution in [-0.4, -0.2) is 25.1 Å². The van der Waals surface area contributed by atoms with Crippen LogP contribution in [0, 0.1) is 0 Å². The molecule has 0 aliphatic carbocycles. The molecule has 0 radical (unpaired) electrons. The van der Waals surface area contributed by atoms with Crippen molar-refractivity contribution in [2.45, 2.75) is 6.92 Å². The van der Waals surface area contributed by atoms with Crippen molar-refractivity contribution in [1.29, 1.82) is 0 Å². The van der Waals surface area contributed by atoms with Gasteiger partial charge in [-0.2, -0.15) is 0 Å². The minimum absolute atomic E-state index is 0. The highest BCUT2D eigenvalue weighted by molar-refractivity contribution is 4.78. The Hall–Kier alpha value is -0.270. The number of halogens is 1. The maximum atomic E-state index is 3.87. The van der Waals surface area contributed by atoms with Gasteiger partial charge in [0.05, 0.1) is 19.8 Å². The van der Waals surface area contributed by atoms with Crippen molar-refractivity contribution in [2.24, 2.45) is 0 Å². The van der Waals surface area contributed by atoms with Crippen LogP contribution in [0.3, 0.4) is 0 Å². The van der Waals surface area contributed by atoms with Crippen LogP contribution in [0.15, 0.2) is 24.9 Å². The van der Waals surface area contributed by atoms with Gasteiger partial charge in [-0.05, 0) is 12.7 Å². The lowest BCUT2D eigenvalue weighted by Gasteiger charge is -2.27. The minimum Gasteiger partial charge on any atom is -1.00 e. The van der Waals surface area contributed by atoms with Crippen LogP contribution >= 0.6 is 0 Å². The number of allylic oxidation sites excluding steroid dienone is 1. The first-order valence-electron chi connectivity index (χ1n) is 3.10. The molecule has 0 fully saturated rings. The summed E-state index contributed by atoms with van der Waals surface area (Å²) in [5.41, 5.74) is 1.16. The summed E-state index contributed by atoms with van der Waals surface area (Å²) in [6, 6.07) is 0. The van der Waals surface area contributed by atoms with E-state index in [2.05, 4.69) is 27.3 Å². The van der Waals surface area contributed by atoms with Crippen LogP contribution in [0.5, 0.6) is 0 Å². The molecule has 1 nitrogen and oxygen atoms in total. The molecule has 0 unspecified atom stereocenters. The quantitative estimate of drug-likeness (QED) is 0.360. The van der Waals surface area contributed by atoms with E-state index < -0.39 is 0 Å². The van der Waals surface area contributed by atoms with E-state index in [9.17, 15) is 0 Å². The van der Waals surface area contributed by atoms with E-state index in [0.717, 1.165) is 16.7 Å². The molecule has 0 saturated carbocycles. The van der Waals surface area contributed by atoms with E-state index in [0.29, 0.717) is 0 Å². The fourth-order valence-corrected chi connectivity index (χ4v) is 0.479. The summed E-state index contributed by atoms with van der Waals surface area (Å²) in [6.45, 7) is 10.5. The smallest absolute Gasteiger partial charge is 0.101 e. The van der Waals surface area contributed by atoms with Gasteiger partial charge in [0.25, 0.3) is 0 Å². The van der Waals surface area contributed by atoms with Gasteiger partial charge in [0, 0.05) is 6.92 Å². The average Bonchev–Trinajstić information content (AvgIpc) is 1.65. The van der Waals surface area contributed by atoms with Crippen LogP contribution in [0.4, 0.5) is 0 Å². The van der Waals surface area contributed by atoms with E-state index >= 15 is 0 Å². The maximum absolute atomic E-state index is 3.87. The first kappa shape index (κ1) is 12.4. The van der Waals surface area contributed by atoms with Crippen molar-refractivity contribution < 1.29 is 16.9 Å². The second-order valence-electron chi connectivity index (χ2n) is 2.89. The molecule has 0 aromatic carbocycles. The third kappa shape index (κ3) is 3.70. The average molecular weight is 162 g/mol. The van der Waals surface area contributed by atoms with Crippen LogP contribution < -0.4 is 12.4 Å². The molecule has 0 amide bonds. The zero-order valence-electron chi connectivity index (χ0n) is 7.02. The van der Waals surface area contributed by atoms with Gasteiger partial charge >= 0.3 is 0 Å². The molecule has 2 heteroatoms. The third-order valence-electron chi connectivity index (χ3n) is 1.62. The molecule has 0 bridgehead atoms. The Labute approximate surface area is 70.0 Å². The Morgan fingerprint density at radius 2 is 1.90 bits per heavy atom. The van der Waals surface area contributed by atoms with Crippen LogP contribution in [-0.2, 0) is 0 Å². The lowest BCUT2D eigenvalue weighted by atomic mass is 10.4. The van der Waals surface area contributed by atoms with Crippen LogP contribution in [0.25, 0.3) is 0 Å². The Balaban J connectivity index is 0. The van der Waals surface area contributed by atoms with Gasteiger partial charge < -0.3 is 12.4 Å². The second-order valence-corrected chi connectivity index (χ2v) is 2.89. The molecule has 0 aromatic heterocycles. The van der Waals surface area contributed by atoms with Crippen molar-refractivity contribution in [3.63, 3.8) is 0 Å². The number of rotatable bonds is 3. The van der Waals surface area contributed by atoms with Crippen molar-refractivity contribution in [2.75, 3.05) is 20.6 Å². The second kappa shape index (κ2) is 4.53. The fourth-order valence-electron chi connectivity index (χ4n) is 0.479. The lowest BCUT2D eigenvalue weighted by molar-refractivity contribution is -0.845. The molecule has 0 heterocycles. The number of hydrogen-bond acceptors (Lipinski definition) is 0. The predicted octanol–water partition coefficient (Wildman–Crippen LogP) is -1.21. The Morgan fingerprint density at radius 1 is 1.50 bits per heavy atom. The molecule has 0 rings (SSSR count). The summed E-state index contributed by atoms with van der Waals surface area (Å²) in [5, 5.41) is 0. The van der Waals surface area contributed by atoms with E-state index in [-0.39, 0.29) is 12.4 Å². The highest BCUT2D eigenvalue weighted by Gasteiger charge is 2.12. The van der Waals surface area contributed by atoms with Gasteiger partial charge in [-0.3, -0.25) is 4.48 Å². The maximum Gasteiger partial charge on any atom is 0.101 e. The van der Waals surface area contributed by atoms with E-state index in [1.807, 2.05) is 13.0 Å². The van der Waals surface area contributed by atoms with Crippen LogP contribution in [0.1, 0.15) is 6.92 Å². The summed E-state index contributed by atoms with van der Waals surface area (Å²) < 4.78 is 0.837. The van der Waals surface area contributed by atoms with Crippen LogP contribution in [0.2, 0.25) is 0 Å². The summed E-state index contributed by atoms with van der Waals surface area (Å²) in [7, 11) is 4.23. The number of likely N-dealkylation sites (N-methyl/N-ethyl adjacent to an activating group) is 1. The Kier molecular flexibility index (Phi) is 5.62. The minimum atomic E-state index is 0. The van der Waals surface area contributed by atoms with Crippen molar-refractivity contribution in [3.8, 4) is 0 Å². The molecule has 60 valence electrons. The van der Waals surface area contributed by atoms with Gasteiger partial charge in [0.1, 0.15) is 6.54 Å². The van der Waals surface area contributed by atoms with Gasteiger partial charge in [-0.25, -0.2) is 0 Å². The zero-order valence-corrected chi connectivity index (χ0v) is 7.78. The molecule has 0 N–H and O–H groups in total. The van der Waals surface area contributed by atoms with Gasteiger partial charge in [0.2, 0.25) is 0 Å². The molecule has 0 saturated heterocycles. The monoisotopic (exact) mass is 161 g/mol. The number of nitrogens with zero attached hydrogens (tertiary/aromatic N) is 1. The van der Waals surface area contributed by atoms with Gasteiger partial charge in [-0.1, -0.05) is 6.58 Å². The summed E-state index contributed by atoms with van der Waals surface area (Å²) in [4.78, 5) is 0. The molecule has 0 aliphatic rings. The van der Waals surface area contributed by atoms with Crippen molar-refractivity contribution in [3.05, 3.63) is 24.9 Å². The highest BCUT2D eigenvalue weighted by atomic mass is 35.5. The van der Waals surface area contributed by atoms with E-state index in [1.165, 1.54) is 0 Å². The lowest BCUT2D eigenvalue weighted by Crippen LogP contribution is -3.00. The summed E-state index contributed by atoms with van der Waals surface area (Å²) in [5.74, 6) is 0. The molecule has 10 heavy (non-hydrogen) atoms. The van der Waals surface area contributed by atoms with Crippen molar-refractivity contribution in [1.82, 2.24) is 0 Å². The fraction of sp³-hybridized carbons (Fsp3) is 0.500. The zero-order chi connectivity index (χ0) is 7.49. The number of quaternary nitrogens is 1. The third-order valence-corrected chi connectivity index (χ3v) is 1.62. The number of hydrogen-bond donors (Lipinski definition) is 0. The standard InChI is InChI=1S/C8H16N.ClH/c1-6-7-9(4,5)8(2)3;/h6H,1-2,7H2,3-5H3;1H/q+1;/p-1. The Morgan fingerprint density at radius 3 is 2.00 bits per heavy atom. The topological polar surface area (TPSA) is 0 Å². The van der Waals surface area contributed by atoms with Gasteiger partial charge in [-0.15, -0.1) is 0 Å². The van der Waals surface area contributed by atoms with E-state index in [1.54, 1.807) is 0 Å². The summed E-state index contributed by atoms with van der Waals surface area (Å²) in [6.07, 6.45) is 1.91.